The summed E-state index contributed by atoms with van der Waals surface area (Å²) >= 11 is 0. The predicted molar refractivity (Wildman–Crippen MR) is 203 cm³/mol. The van der Waals surface area contributed by atoms with E-state index < -0.39 is 0 Å². The van der Waals surface area contributed by atoms with Crippen LogP contribution in [-0.4, -0.2) is 30.1 Å². The quantitative estimate of drug-likeness (QED) is 0.197. The minimum Gasteiger partial charge on any atom is -0.506 e. The summed E-state index contributed by atoms with van der Waals surface area (Å²) < 4.78 is 0. The zero-order chi connectivity index (χ0) is 34.8. The van der Waals surface area contributed by atoms with Crippen LogP contribution in [0.2, 0.25) is 0 Å². The van der Waals surface area contributed by atoms with Crippen LogP contribution >= 0.6 is 0 Å². The van der Waals surface area contributed by atoms with E-state index in [-0.39, 0.29) is 11.5 Å². The monoisotopic (exact) mass is 652 g/mol. The number of hydrogen-bond acceptors (Lipinski definition) is 6. The molecule has 0 spiro atoms. The normalized spacial score (nSPS) is 11.0. The number of aromatic nitrogens is 4. The van der Waals surface area contributed by atoms with Gasteiger partial charge in [-0.3, -0.25) is 0 Å². The molecule has 2 heterocycles. The Morgan fingerprint density at radius 3 is 0.860 bits per heavy atom. The molecule has 0 radical (unpaired) electrons. The highest BCUT2D eigenvalue weighted by molar-refractivity contribution is 5.90. The minimum atomic E-state index is 0.147. The first-order chi connectivity index (χ1) is 24.2. The maximum atomic E-state index is 10.2. The van der Waals surface area contributed by atoms with Crippen LogP contribution in [0.5, 0.6) is 11.5 Å². The average molecular weight is 653 g/mol. The van der Waals surface area contributed by atoms with E-state index in [4.69, 9.17) is 19.9 Å². The Morgan fingerprint density at radius 2 is 0.580 bits per heavy atom. The molecule has 0 atom stereocenters. The summed E-state index contributed by atoms with van der Waals surface area (Å²) in [5.74, 6) is 0.294. The second-order valence-electron chi connectivity index (χ2n) is 12.6. The summed E-state index contributed by atoms with van der Waals surface area (Å²) in [7, 11) is 0. The number of benzene rings is 6. The molecular formula is C44H36N4O2. The molecule has 8 rings (SSSR count). The van der Waals surface area contributed by atoms with E-state index in [0.717, 1.165) is 45.0 Å². The number of aromatic hydroxyl groups is 2. The Bertz CT molecular complexity index is 2280. The first kappa shape index (κ1) is 32.2. The fraction of sp³-hybridized carbons (Fsp3) is 0.0909. The van der Waals surface area contributed by atoms with Gasteiger partial charge >= 0.3 is 0 Å². The van der Waals surface area contributed by atoms with E-state index in [9.17, 15) is 10.2 Å². The van der Waals surface area contributed by atoms with E-state index in [1.54, 1.807) is 24.3 Å². The minimum absolute atomic E-state index is 0.147. The van der Waals surface area contributed by atoms with Gasteiger partial charge in [-0.15, -0.1) is 0 Å². The smallest absolute Gasteiger partial charge is 0.143 e. The molecule has 50 heavy (non-hydrogen) atoms. The molecule has 0 aliphatic rings. The number of hydrogen-bond donors (Lipinski definition) is 2. The summed E-state index contributed by atoms with van der Waals surface area (Å²) in [6.45, 7) is 8.24. The standard InChI is InChI=1S/2C22H18N2O/c2*1-14-6-10-16(11-7-14)20-21(17-12-8-15(2)9-13-17)24-22-18(23-20)4-3-5-19(22)25/h2*3-13,25H,1-2H3. The van der Waals surface area contributed by atoms with Crippen molar-refractivity contribution in [3.63, 3.8) is 0 Å². The summed E-state index contributed by atoms with van der Waals surface area (Å²) in [6.07, 6.45) is 0. The highest BCUT2D eigenvalue weighted by atomic mass is 16.3. The van der Waals surface area contributed by atoms with Gasteiger partial charge in [-0.2, -0.15) is 0 Å². The van der Waals surface area contributed by atoms with Crippen LogP contribution in [0.25, 0.3) is 67.1 Å². The molecule has 6 nitrogen and oxygen atoms in total. The molecule has 0 aliphatic carbocycles. The van der Waals surface area contributed by atoms with Crippen LogP contribution in [-0.2, 0) is 0 Å². The van der Waals surface area contributed by atoms with Gasteiger partial charge in [-0.1, -0.05) is 131 Å². The van der Waals surface area contributed by atoms with Gasteiger partial charge in [0, 0.05) is 22.3 Å². The van der Waals surface area contributed by atoms with Gasteiger partial charge in [-0.05, 0) is 52.0 Å². The third-order valence-corrected chi connectivity index (χ3v) is 8.65. The SMILES string of the molecule is Cc1ccc(-c2nc3cccc(O)c3nc2-c2ccc(C)cc2)cc1.Cc1ccc(-c2nc3cccc(O)c3nc2-c2ccc(C)cc2)cc1. The number of fused-ring (bicyclic) bond motifs is 2. The topological polar surface area (TPSA) is 92.0 Å². The van der Waals surface area contributed by atoms with Crippen molar-refractivity contribution in [1.82, 2.24) is 19.9 Å². The van der Waals surface area contributed by atoms with Crippen LogP contribution in [0.15, 0.2) is 133 Å². The molecule has 8 aromatic rings. The molecule has 0 saturated carbocycles. The molecule has 0 amide bonds. The van der Waals surface area contributed by atoms with Crippen LogP contribution in [0.4, 0.5) is 0 Å². The van der Waals surface area contributed by atoms with Crippen LogP contribution < -0.4 is 0 Å². The van der Waals surface area contributed by atoms with Crippen LogP contribution in [0.1, 0.15) is 22.3 Å². The van der Waals surface area contributed by atoms with Gasteiger partial charge in [0.2, 0.25) is 0 Å². The largest absolute Gasteiger partial charge is 0.506 e. The summed E-state index contributed by atoms with van der Waals surface area (Å²) in [4.78, 5) is 19.1. The maximum Gasteiger partial charge on any atom is 0.143 e. The van der Waals surface area contributed by atoms with Gasteiger partial charge in [-0.25, -0.2) is 19.9 Å². The Kier molecular flexibility index (Phi) is 8.75. The van der Waals surface area contributed by atoms with Crippen molar-refractivity contribution in [2.75, 3.05) is 0 Å². The lowest BCUT2D eigenvalue weighted by molar-refractivity contribution is 0.480. The van der Waals surface area contributed by atoms with Crippen molar-refractivity contribution in [3.8, 4) is 56.5 Å². The maximum absolute atomic E-state index is 10.2. The third-order valence-electron chi connectivity index (χ3n) is 8.65. The highest BCUT2D eigenvalue weighted by Crippen LogP contribution is 2.35. The summed E-state index contributed by atoms with van der Waals surface area (Å²) in [5, 5.41) is 20.4. The molecule has 0 fully saturated rings. The van der Waals surface area contributed by atoms with Gasteiger partial charge in [0.15, 0.2) is 0 Å². The van der Waals surface area contributed by atoms with E-state index >= 15 is 0 Å². The zero-order valence-corrected chi connectivity index (χ0v) is 28.4. The molecule has 0 bridgehead atoms. The van der Waals surface area contributed by atoms with Crippen molar-refractivity contribution in [2.24, 2.45) is 0 Å². The van der Waals surface area contributed by atoms with Crippen molar-refractivity contribution >= 4 is 22.1 Å². The fourth-order valence-electron chi connectivity index (χ4n) is 5.78. The summed E-state index contributed by atoms with van der Waals surface area (Å²) in [6, 6.07) is 43.6. The lowest BCUT2D eigenvalue weighted by atomic mass is 10.0. The molecular weight excluding hydrogens is 617 g/mol. The van der Waals surface area contributed by atoms with E-state index in [1.165, 1.54) is 22.3 Å². The van der Waals surface area contributed by atoms with Crippen molar-refractivity contribution in [1.29, 1.82) is 0 Å². The van der Waals surface area contributed by atoms with E-state index in [1.807, 2.05) is 36.4 Å². The van der Waals surface area contributed by atoms with Crippen LogP contribution in [0, 0.1) is 27.7 Å². The molecule has 0 unspecified atom stereocenters. The molecule has 2 N–H and O–H groups in total. The first-order valence-electron chi connectivity index (χ1n) is 16.5. The number of phenolic OH excluding ortho intramolecular Hbond substituents is 2. The zero-order valence-electron chi connectivity index (χ0n) is 28.4. The van der Waals surface area contributed by atoms with Gasteiger partial charge < -0.3 is 10.2 Å². The predicted octanol–water partition coefficient (Wildman–Crippen LogP) is 10.6. The molecule has 0 aliphatic heterocycles. The lowest BCUT2D eigenvalue weighted by Gasteiger charge is -2.11. The Morgan fingerprint density at radius 1 is 0.320 bits per heavy atom. The number of para-hydroxylation sites is 2. The molecule has 6 aromatic carbocycles. The van der Waals surface area contributed by atoms with Crippen molar-refractivity contribution in [2.45, 2.75) is 27.7 Å². The number of phenols is 2. The Hall–Kier alpha value is -6.40. The lowest BCUT2D eigenvalue weighted by Crippen LogP contribution is -1.96. The van der Waals surface area contributed by atoms with Crippen molar-refractivity contribution < 1.29 is 10.2 Å². The highest BCUT2D eigenvalue weighted by Gasteiger charge is 2.16. The van der Waals surface area contributed by atoms with E-state index in [0.29, 0.717) is 22.1 Å². The molecule has 244 valence electrons. The number of aryl methyl sites for hydroxylation is 4. The first-order valence-corrected chi connectivity index (χ1v) is 16.5. The average Bonchev–Trinajstić information content (AvgIpc) is 3.13. The fourth-order valence-corrected chi connectivity index (χ4v) is 5.78. The second-order valence-corrected chi connectivity index (χ2v) is 12.6. The third kappa shape index (κ3) is 6.64. The number of rotatable bonds is 4. The van der Waals surface area contributed by atoms with Crippen molar-refractivity contribution in [3.05, 3.63) is 156 Å². The van der Waals surface area contributed by atoms with E-state index in [2.05, 4.69) is 100 Å². The Balaban J connectivity index is 0.000000157. The van der Waals surface area contributed by atoms with Crippen LogP contribution in [0.3, 0.4) is 0 Å². The number of nitrogens with zero attached hydrogens (tertiary/aromatic N) is 4. The second kappa shape index (κ2) is 13.6. The van der Waals surface area contributed by atoms with Gasteiger partial charge in [0.1, 0.15) is 22.5 Å². The Labute approximate surface area is 291 Å². The molecule has 6 heteroatoms. The molecule has 2 aromatic heterocycles. The van der Waals surface area contributed by atoms with Gasteiger partial charge in [0.05, 0.1) is 33.8 Å². The summed E-state index contributed by atoms with van der Waals surface area (Å²) in [5.41, 5.74) is 14.4. The molecule has 0 saturated heterocycles. The van der Waals surface area contributed by atoms with Gasteiger partial charge in [0.25, 0.3) is 0 Å².